The third-order valence-electron chi connectivity index (χ3n) is 3.17. The molecule has 2 aromatic rings. The Labute approximate surface area is 116 Å². The first-order chi connectivity index (χ1) is 9.26. The molecule has 3 rings (SSSR count). The van der Waals surface area contributed by atoms with E-state index in [9.17, 15) is 0 Å². The fourth-order valence-corrected chi connectivity index (χ4v) is 2.78. The zero-order valence-electron chi connectivity index (χ0n) is 10.8. The van der Waals surface area contributed by atoms with Crippen molar-refractivity contribution >= 4 is 28.9 Å². The zero-order chi connectivity index (χ0) is 13.2. The highest BCUT2D eigenvalue weighted by molar-refractivity contribution is 7.09. The van der Waals surface area contributed by atoms with Gasteiger partial charge in [0.15, 0.2) is 0 Å². The first kappa shape index (κ1) is 12.2. The molecule has 5 nitrogen and oxygen atoms in total. The van der Waals surface area contributed by atoms with Gasteiger partial charge in [-0.25, -0.2) is 0 Å². The van der Waals surface area contributed by atoms with Gasteiger partial charge in [0.2, 0.25) is 5.95 Å². The predicted octanol–water partition coefficient (Wildman–Crippen LogP) is 2.33. The third kappa shape index (κ3) is 2.78. The molecule has 2 aromatic heterocycles. The second-order valence-corrected chi connectivity index (χ2v) is 5.69. The molecule has 0 amide bonds. The van der Waals surface area contributed by atoms with Crippen molar-refractivity contribution in [2.24, 2.45) is 0 Å². The molecule has 0 bridgehead atoms. The van der Waals surface area contributed by atoms with E-state index in [2.05, 4.69) is 37.7 Å². The van der Waals surface area contributed by atoms with Crippen LogP contribution in [0.5, 0.6) is 0 Å². The number of rotatable bonds is 5. The van der Waals surface area contributed by atoms with Crippen LogP contribution in [0.15, 0.2) is 23.6 Å². The molecule has 0 aromatic carbocycles. The summed E-state index contributed by atoms with van der Waals surface area (Å²) in [6, 6.07) is 6.78. The maximum atomic E-state index is 5.78. The molecule has 2 heterocycles. The summed E-state index contributed by atoms with van der Waals surface area (Å²) < 4.78 is 0. The lowest BCUT2D eigenvalue weighted by Crippen LogP contribution is -2.26. The Morgan fingerprint density at radius 3 is 2.95 bits per heavy atom. The molecule has 0 unspecified atom stereocenters. The van der Waals surface area contributed by atoms with Crippen LogP contribution in [-0.2, 0) is 6.54 Å². The topological polar surface area (TPSA) is 67.1 Å². The molecular formula is C13H17N5S. The number of nitrogens with one attached hydrogen (secondary N) is 1. The molecular weight excluding hydrogens is 258 g/mol. The molecule has 0 saturated heterocycles. The average molecular weight is 275 g/mol. The van der Waals surface area contributed by atoms with Crippen LogP contribution in [-0.4, -0.2) is 23.1 Å². The van der Waals surface area contributed by atoms with Gasteiger partial charge in [-0.15, -0.1) is 11.3 Å². The number of nitrogens with zero attached hydrogens (tertiary/aromatic N) is 3. The van der Waals surface area contributed by atoms with E-state index < -0.39 is 0 Å². The Hall–Kier alpha value is -1.82. The largest absolute Gasteiger partial charge is 0.373 e. The molecule has 1 aliphatic rings. The second kappa shape index (κ2) is 5.05. The number of nitrogen functional groups attached to an aromatic ring is 1. The summed E-state index contributed by atoms with van der Waals surface area (Å²) in [5.74, 6) is 1.99. The van der Waals surface area contributed by atoms with Gasteiger partial charge in [0, 0.05) is 24.0 Å². The van der Waals surface area contributed by atoms with Gasteiger partial charge >= 0.3 is 0 Å². The van der Waals surface area contributed by atoms with Gasteiger partial charge in [0.05, 0.1) is 6.54 Å². The third-order valence-corrected chi connectivity index (χ3v) is 4.04. The molecule has 3 N–H and O–H groups in total. The second-order valence-electron chi connectivity index (χ2n) is 4.66. The number of anilines is 3. The summed E-state index contributed by atoms with van der Waals surface area (Å²) in [4.78, 5) is 12.2. The molecule has 0 spiro atoms. The van der Waals surface area contributed by atoms with E-state index in [4.69, 9.17) is 5.73 Å². The maximum absolute atomic E-state index is 5.78. The molecule has 1 saturated carbocycles. The van der Waals surface area contributed by atoms with Crippen LogP contribution in [0, 0.1) is 0 Å². The molecule has 6 heteroatoms. The number of aromatic nitrogens is 2. The van der Waals surface area contributed by atoms with Crippen LogP contribution in [0.1, 0.15) is 17.7 Å². The summed E-state index contributed by atoms with van der Waals surface area (Å²) in [6.45, 7) is 0.891. The predicted molar refractivity (Wildman–Crippen MR) is 79.5 cm³/mol. The normalized spacial score (nSPS) is 14.4. The standard InChI is InChI=1S/C13H17N5S/c1-15-11-7-12(17-13(14)16-11)18(9-4-5-9)8-10-3-2-6-19-10/h2-3,6-7,9H,4-5,8H2,1H3,(H3,14,15,16,17). The fourth-order valence-electron chi connectivity index (χ4n) is 2.08. The Bertz CT molecular complexity index is 550. The van der Waals surface area contributed by atoms with Crippen molar-refractivity contribution in [2.45, 2.75) is 25.4 Å². The molecule has 1 aliphatic carbocycles. The van der Waals surface area contributed by atoms with Crippen molar-refractivity contribution in [3.63, 3.8) is 0 Å². The minimum absolute atomic E-state index is 0.318. The first-order valence-electron chi connectivity index (χ1n) is 6.37. The van der Waals surface area contributed by atoms with Crippen LogP contribution in [0.2, 0.25) is 0 Å². The summed E-state index contributed by atoms with van der Waals surface area (Å²) in [6.07, 6.45) is 2.45. The summed E-state index contributed by atoms with van der Waals surface area (Å²) >= 11 is 1.77. The molecule has 19 heavy (non-hydrogen) atoms. The van der Waals surface area contributed by atoms with E-state index in [1.165, 1.54) is 17.7 Å². The fraction of sp³-hybridized carbons (Fsp3) is 0.385. The lowest BCUT2D eigenvalue weighted by Gasteiger charge is -2.23. The molecule has 0 atom stereocenters. The minimum Gasteiger partial charge on any atom is -0.373 e. The molecule has 100 valence electrons. The van der Waals surface area contributed by atoms with Crippen molar-refractivity contribution < 1.29 is 0 Å². The van der Waals surface area contributed by atoms with Crippen LogP contribution >= 0.6 is 11.3 Å². The Morgan fingerprint density at radius 1 is 1.47 bits per heavy atom. The lowest BCUT2D eigenvalue weighted by molar-refractivity contribution is 0.785. The van der Waals surface area contributed by atoms with Gasteiger partial charge in [-0.2, -0.15) is 9.97 Å². The average Bonchev–Trinajstić information content (AvgIpc) is 3.12. The number of hydrogen-bond donors (Lipinski definition) is 2. The van der Waals surface area contributed by atoms with Crippen molar-refractivity contribution in [1.82, 2.24) is 9.97 Å². The van der Waals surface area contributed by atoms with Gasteiger partial charge in [-0.05, 0) is 24.3 Å². The highest BCUT2D eigenvalue weighted by Gasteiger charge is 2.30. The van der Waals surface area contributed by atoms with Crippen molar-refractivity contribution in [3.8, 4) is 0 Å². The highest BCUT2D eigenvalue weighted by Crippen LogP contribution is 2.33. The summed E-state index contributed by atoms with van der Waals surface area (Å²) in [5, 5.41) is 5.13. The minimum atomic E-state index is 0.318. The smallest absolute Gasteiger partial charge is 0.223 e. The lowest BCUT2D eigenvalue weighted by atomic mass is 10.3. The van der Waals surface area contributed by atoms with E-state index in [1.807, 2.05) is 13.1 Å². The van der Waals surface area contributed by atoms with Gasteiger partial charge < -0.3 is 16.0 Å². The van der Waals surface area contributed by atoms with E-state index >= 15 is 0 Å². The van der Waals surface area contributed by atoms with Gasteiger partial charge in [-0.1, -0.05) is 6.07 Å². The van der Waals surface area contributed by atoms with Crippen LogP contribution in [0.4, 0.5) is 17.6 Å². The zero-order valence-corrected chi connectivity index (χ0v) is 11.7. The van der Waals surface area contributed by atoms with Crippen LogP contribution in [0.3, 0.4) is 0 Å². The molecule has 1 fully saturated rings. The van der Waals surface area contributed by atoms with Gasteiger partial charge in [0.1, 0.15) is 11.6 Å². The quantitative estimate of drug-likeness (QED) is 0.876. The first-order valence-corrected chi connectivity index (χ1v) is 7.25. The highest BCUT2D eigenvalue weighted by atomic mass is 32.1. The van der Waals surface area contributed by atoms with Crippen LogP contribution < -0.4 is 16.0 Å². The van der Waals surface area contributed by atoms with Gasteiger partial charge in [0.25, 0.3) is 0 Å². The van der Waals surface area contributed by atoms with Crippen molar-refractivity contribution in [2.75, 3.05) is 23.0 Å². The van der Waals surface area contributed by atoms with Crippen LogP contribution in [0.25, 0.3) is 0 Å². The Morgan fingerprint density at radius 2 is 2.32 bits per heavy atom. The monoisotopic (exact) mass is 275 g/mol. The Balaban J connectivity index is 1.89. The number of hydrogen-bond acceptors (Lipinski definition) is 6. The van der Waals surface area contributed by atoms with E-state index in [1.54, 1.807) is 11.3 Å². The number of nitrogens with two attached hydrogens (primary N) is 1. The van der Waals surface area contributed by atoms with Gasteiger partial charge in [-0.3, -0.25) is 0 Å². The maximum Gasteiger partial charge on any atom is 0.223 e. The Kier molecular flexibility index (Phi) is 3.25. The van der Waals surface area contributed by atoms with Crippen molar-refractivity contribution in [1.29, 1.82) is 0 Å². The molecule has 0 aliphatic heterocycles. The molecule has 0 radical (unpaired) electrons. The summed E-state index contributed by atoms with van der Waals surface area (Å²) in [5.41, 5.74) is 5.78. The number of thiophene rings is 1. The van der Waals surface area contributed by atoms with E-state index in [-0.39, 0.29) is 0 Å². The van der Waals surface area contributed by atoms with Crippen molar-refractivity contribution in [3.05, 3.63) is 28.5 Å². The van der Waals surface area contributed by atoms with E-state index in [0.717, 1.165) is 18.2 Å². The van der Waals surface area contributed by atoms with E-state index in [0.29, 0.717) is 12.0 Å². The summed E-state index contributed by atoms with van der Waals surface area (Å²) in [7, 11) is 1.84. The SMILES string of the molecule is CNc1cc(N(Cc2cccs2)C2CC2)nc(N)n1.